The molecule has 4 aromatic rings. The molecule has 0 bridgehead atoms. The maximum Gasteiger partial charge on any atom is 0.411 e. The van der Waals surface area contributed by atoms with Crippen LogP contribution in [0.1, 0.15) is 31.8 Å². The van der Waals surface area contributed by atoms with Gasteiger partial charge in [0.1, 0.15) is 23.0 Å². The normalized spacial score (nSPS) is 12.0. The smallest absolute Gasteiger partial charge is 0.411 e. The van der Waals surface area contributed by atoms with E-state index in [1.165, 1.54) is 24.3 Å². The summed E-state index contributed by atoms with van der Waals surface area (Å²) >= 11 is 0. The first-order chi connectivity index (χ1) is 19.6. The summed E-state index contributed by atoms with van der Waals surface area (Å²) in [5, 5.41) is 18.4. The van der Waals surface area contributed by atoms with Gasteiger partial charge in [0.05, 0.1) is 11.1 Å². The lowest BCUT2D eigenvalue weighted by molar-refractivity contribution is -0.288. The van der Waals surface area contributed by atoms with Gasteiger partial charge in [-0.3, -0.25) is 0 Å². The molecule has 0 amide bonds. The Morgan fingerprint density at radius 1 is 0.548 bits per heavy atom. The summed E-state index contributed by atoms with van der Waals surface area (Å²) in [4.78, 5) is 22.6. The molecular weight excluding hydrogens is 572 g/mol. The van der Waals surface area contributed by atoms with E-state index in [0.29, 0.717) is 30.0 Å². The summed E-state index contributed by atoms with van der Waals surface area (Å²) < 4.78 is 97.9. The van der Waals surface area contributed by atoms with Gasteiger partial charge in [-0.25, -0.2) is 9.59 Å². The third-order valence-corrected chi connectivity index (χ3v) is 6.23. The minimum atomic E-state index is -5.84. The molecule has 4 rings (SSSR count). The lowest BCUT2D eigenvalue weighted by Gasteiger charge is -2.38. The van der Waals surface area contributed by atoms with E-state index in [9.17, 15) is 41.0 Å². The average Bonchev–Trinajstić information content (AvgIpc) is 2.90. The van der Waals surface area contributed by atoms with Crippen LogP contribution in [0, 0.1) is 0 Å². The number of ether oxygens (including phenoxy) is 2. The molecule has 0 atom stereocenters. The van der Waals surface area contributed by atoms with Crippen LogP contribution in [0.25, 0.3) is 0 Å². The first-order valence-electron chi connectivity index (χ1n) is 11.8. The monoisotopic (exact) mass is 591 g/mol. The number of anilines is 1. The summed E-state index contributed by atoms with van der Waals surface area (Å²) in [6, 6.07) is 15.1. The predicted molar refractivity (Wildman–Crippen MR) is 137 cm³/mol. The van der Waals surface area contributed by atoms with Gasteiger partial charge >= 0.3 is 24.3 Å². The molecule has 0 aliphatic heterocycles. The van der Waals surface area contributed by atoms with E-state index in [2.05, 4.69) is 0 Å². The molecule has 4 N–H and O–H groups in total. The van der Waals surface area contributed by atoms with Crippen LogP contribution in [0.5, 0.6) is 23.0 Å². The van der Waals surface area contributed by atoms with Gasteiger partial charge in [0.2, 0.25) is 5.41 Å². The summed E-state index contributed by atoms with van der Waals surface area (Å²) in [5.41, 5.74) is -1.87. The molecule has 0 aliphatic rings. The van der Waals surface area contributed by atoms with Crippen LogP contribution >= 0.6 is 0 Å². The van der Waals surface area contributed by atoms with E-state index in [4.69, 9.17) is 20.3 Å². The number of carbonyl (C=O) groups is 2. The van der Waals surface area contributed by atoms with Gasteiger partial charge in [0.25, 0.3) is 0 Å². The van der Waals surface area contributed by atoms with E-state index in [1.807, 2.05) is 0 Å². The molecule has 0 unspecified atom stereocenters. The number of carboxylic acid groups (broad SMARTS) is 2. The molecule has 7 nitrogen and oxygen atoms in total. The molecule has 13 heteroatoms. The fraction of sp³-hybridized carbons (Fsp3) is 0.103. The van der Waals surface area contributed by atoms with Crippen molar-refractivity contribution in [3.63, 3.8) is 0 Å². The van der Waals surface area contributed by atoms with E-state index in [1.54, 1.807) is 0 Å². The zero-order valence-electron chi connectivity index (χ0n) is 21.0. The number of hydrogen-bond donors (Lipinski definition) is 3. The molecular formula is C29H19F6NO6. The SMILES string of the molecule is Nc1ccc(Oc2ccc(C(c3ccc(Oc4ccc(C(=O)O)c(C(=O)O)c4)cc3)(C(F)(F)F)C(F)(F)F)cc2)cc1. The summed E-state index contributed by atoms with van der Waals surface area (Å²) in [6.07, 6.45) is -11.7. The van der Waals surface area contributed by atoms with Crippen LogP contribution in [0.4, 0.5) is 32.0 Å². The standard InChI is InChI=1S/C29H19F6NO6/c30-28(31,32)27(29(33,34)35,16-1-7-19(8-2-16)41-21-11-5-18(36)6-12-21)17-3-9-20(10-4-17)42-22-13-14-23(25(37)38)24(15-22)26(39)40/h1-15H,36H2,(H,37,38)(H,39,40). The Labute approximate surface area is 233 Å². The molecule has 0 radical (unpaired) electrons. The van der Waals surface area contributed by atoms with Crippen molar-refractivity contribution in [3.8, 4) is 23.0 Å². The second kappa shape index (κ2) is 11.0. The Bertz CT molecular complexity index is 1580. The highest BCUT2D eigenvalue weighted by atomic mass is 19.4. The first-order valence-corrected chi connectivity index (χ1v) is 11.8. The van der Waals surface area contributed by atoms with Crippen LogP contribution in [-0.2, 0) is 5.41 Å². The first kappa shape index (κ1) is 29.8. The van der Waals surface area contributed by atoms with Gasteiger partial charge in [0, 0.05) is 5.69 Å². The van der Waals surface area contributed by atoms with Gasteiger partial charge < -0.3 is 25.4 Å². The van der Waals surface area contributed by atoms with Crippen molar-refractivity contribution >= 4 is 17.6 Å². The van der Waals surface area contributed by atoms with Crippen LogP contribution in [-0.4, -0.2) is 34.5 Å². The largest absolute Gasteiger partial charge is 0.478 e. The van der Waals surface area contributed by atoms with Crippen LogP contribution in [0.2, 0.25) is 0 Å². The van der Waals surface area contributed by atoms with Gasteiger partial charge in [-0.05, 0) is 77.9 Å². The van der Waals surface area contributed by atoms with Crippen molar-refractivity contribution in [1.82, 2.24) is 0 Å². The molecule has 0 spiro atoms. The highest BCUT2D eigenvalue weighted by Crippen LogP contribution is 2.56. The van der Waals surface area contributed by atoms with Crippen molar-refractivity contribution in [2.75, 3.05) is 5.73 Å². The second-order valence-electron chi connectivity index (χ2n) is 8.89. The third kappa shape index (κ3) is 5.66. The van der Waals surface area contributed by atoms with Gasteiger partial charge in [-0.15, -0.1) is 0 Å². The van der Waals surface area contributed by atoms with Gasteiger partial charge in [-0.1, -0.05) is 24.3 Å². The van der Waals surface area contributed by atoms with E-state index in [0.717, 1.165) is 42.5 Å². The molecule has 0 saturated heterocycles. The molecule has 0 heterocycles. The van der Waals surface area contributed by atoms with Crippen LogP contribution in [0.15, 0.2) is 91.0 Å². The Hall–Kier alpha value is -5.20. The average molecular weight is 591 g/mol. The minimum Gasteiger partial charge on any atom is -0.478 e. The predicted octanol–water partition coefficient (Wildman–Crippen LogP) is 7.66. The zero-order chi connectivity index (χ0) is 30.9. The summed E-state index contributed by atoms with van der Waals surface area (Å²) in [7, 11) is 0. The van der Waals surface area contributed by atoms with E-state index in [-0.39, 0.29) is 23.0 Å². The number of hydrogen-bond acceptors (Lipinski definition) is 5. The summed E-state index contributed by atoms with van der Waals surface area (Å²) in [5.74, 6) is -3.30. The molecule has 0 saturated carbocycles. The number of alkyl halides is 6. The van der Waals surface area contributed by atoms with Crippen molar-refractivity contribution in [2.24, 2.45) is 0 Å². The number of nitrogen functional groups attached to an aromatic ring is 1. The molecule has 0 aromatic heterocycles. The summed E-state index contributed by atoms with van der Waals surface area (Å²) in [6.45, 7) is 0. The Balaban J connectivity index is 1.71. The molecule has 0 aliphatic carbocycles. The highest BCUT2D eigenvalue weighted by Gasteiger charge is 2.72. The highest BCUT2D eigenvalue weighted by molar-refractivity contribution is 6.02. The Kier molecular flexibility index (Phi) is 7.79. The number of benzene rings is 4. The molecule has 0 fully saturated rings. The van der Waals surface area contributed by atoms with Gasteiger partial charge in [-0.2, -0.15) is 26.3 Å². The van der Waals surface area contributed by atoms with Crippen molar-refractivity contribution < 1.29 is 55.6 Å². The number of halogens is 6. The fourth-order valence-electron chi connectivity index (χ4n) is 4.29. The minimum absolute atomic E-state index is 0.0137. The third-order valence-electron chi connectivity index (χ3n) is 6.23. The quantitative estimate of drug-likeness (QED) is 0.142. The number of rotatable bonds is 8. The lowest BCUT2D eigenvalue weighted by atomic mass is 9.73. The number of aromatic carboxylic acids is 2. The second-order valence-corrected chi connectivity index (χ2v) is 8.89. The van der Waals surface area contributed by atoms with E-state index >= 15 is 0 Å². The van der Waals surface area contributed by atoms with E-state index < -0.39 is 52.0 Å². The maximum absolute atomic E-state index is 14.5. The van der Waals surface area contributed by atoms with Crippen molar-refractivity contribution in [1.29, 1.82) is 0 Å². The van der Waals surface area contributed by atoms with Crippen LogP contribution in [0.3, 0.4) is 0 Å². The maximum atomic E-state index is 14.5. The lowest BCUT2D eigenvalue weighted by Crippen LogP contribution is -2.54. The Morgan fingerprint density at radius 2 is 0.905 bits per heavy atom. The number of carboxylic acids is 2. The molecule has 218 valence electrons. The fourth-order valence-corrected chi connectivity index (χ4v) is 4.29. The van der Waals surface area contributed by atoms with Gasteiger partial charge in [0.15, 0.2) is 0 Å². The van der Waals surface area contributed by atoms with Crippen molar-refractivity contribution in [2.45, 2.75) is 17.8 Å². The molecule has 4 aromatic carbocycles. The molecule has 42 heavy (non-hydrogen) atoms. The van der Waals surface area contributed by atoms with Crippen molar-refractivity contribution in [3.05, 3.63) is 113 Å². The van der Waals surface area contributed by atoms with Crippen LogP contribution < -0.4 is 15.2 Å². The topological polar surface area (TPSA) is 119 Å². The zero-order valence-corrected chi connectivity index (χ0v) is 21.0. The Morgan fingerprint density at radius 3 is 1.29 bits per heavy atom. The number of nitrogens with two attached hydrogens (primary N) is 1.